The number of carbonyl (C=O) groups is 3. The van der Waals surface area contributed by atoms with Crippen molar-refractivity contribution in [3.63, 3.8) is 0 Å². The van der Waals surface area contributed by atoms with Crippen LogP contribution >= 0.6 is 23.4 Å². The highest BCUT2D eigenvalue weighted by Gasteiger charge is 2.76. The van der Waals surface area contributed by atoms with Crippen LogP contribution in [0.2, 0.25) is 5.02 Å². The number of thioether (sulfide) groups is 1. The molecule has 4 rings (SSSR count). The Kier molecular flexibility index (Phi) is 6.99. The number of fused-ring (bicyclic) bond motifs is 1. The Labute approximate surface area is 204 Å². The van der Waals surface area contributed by atoms with Crippen LogP contribution in [-0.2, 0) is 14.4 Å². The van der Waals surface area contributed by atoms with Crippen molar-refractivity contribution in [1.29, 1.82) is 0 Å². The molecule has 3 saturated heterocycles. The molecular weight excluding hydrogens is 462 g/mol. The van der Waals surface area contributed by atoms with Crippen LogP contribution in [0, 0.1) is 11.8 Å². The number of likely N-dealkylation sites (tertiary alicyclic amines) is 1. The maximum Gasteiger partial charge on any atom is 0.248 e. The number of carbonyl (C=O) groups excluding carboxylic acids is 3. The third-order valence-corrected chi connectivity index (χ3v) is 9.51. The Morgan fingerprint density at radius 1 is 1.21 bits per heavy atom. The van der Waals surface area contributed by atoms with Crippen molar-refractivity contribution in [1.82, 2.24) is 10.2 Å². The van der Waals surface area contributed by atoms with E-state index >= 15 is 0 Å². The van der Waals surface area contributed by atoms with Gasteiger partial charge in [-0.1, -0.05) is 18.5 Å². The summed E-state index contributed by atoms with van der Waals surface area (Å²) >= 11 is 7.64. The molecule has 33 heavy (non-hydrogen) atoms. The van der Waals surface area contributed by atoms with E-state index in [1.54, 1.807) is 40.9 Å². The van der Waals surface area contributed by atoms with E-state index in [1.165, 1.54) is 0 Å². The van der Waals surface area contributed by atoms with Crippen LogP contribution < -0.4 is 10.6 Å². The van der Waals surface area contributed by atoms with E-state index in [9.17, 15) is 19.5 Å². The van der Waals surface area contributed by atoms with Crippen LogP contribution in [0.25, 0.3) is 0 Å². The maximum atomic E-state index is 13.8. The molecule has 3 heterocycles. The molecule has 1 aromatic carbocycles. The summed E-state index contributed by atoms with van der Waals surface area (Å²) in [6.07, 6.45) is 3.49. The Balaban J connectivity index is 1.67. The van der Waals surface area contributed by atoms with Crippen LogP contribution in [0.3, 0.4) is 0 Å². The summed E-state index contributed by atoms with van der Waals surface area (Å²) in [6, 6.07) is 6.23. The predicted octanol–water partition coefficient (Wildman–Crippen LogP) is 3.06. The average Bonchev–Trinajstić information content (AvgIpc) is 3.35. The number of anilines is 1. The summed E-state index contributed by atoms with van der Waals surface area (Å²) < 4.78 is -0.996. The molecule has 3 fully saturated rings. The first-order valence-electron chi connectivity index (χ1n) is 11.7. The fourth-order valence-corrected chi connectivity index (χ4v) is 8.35. The predicted molar refractivity (Wildman–Crippen MR) is 130 cm³/mol. The van der Waals surface area contributed by atoms with E-state index in [-0.39, 0.29) is 29.1 Å². The smallest absolute Gasteiger partial charge is 0.248 e. The van der Waals surface area contributed by atoms with Crippen molar-refractivity contribution in [2.75, 3.05) is 25.0 Å². The van der Waals surface area contributed by atoms with Gasteiger partial charge in [0.1, 0.15) is 6.04 Å². The molecule has 180 valence electrons. The third kappa shape index (κ3) is 4.15. The van der Waals surface area contributed by atoms with E-state index < -0.39 is 22.6 Å². The fourth-order valence-electron chi connectivity index (χ4n) is 5.86. The lowest BCUT2D eigenvalue weighted by molar-refractivity contribution is -0.140. The van der Waals surface area contributed by atoms with Gasteiger partial charge >= 0.3 is 0 Å². The number of nitrogens with one attached hydrogen (secondary N) is 2. The van der Waals surface area contributed by atoms with Crippen LogP contribution in [0.4, 0.5) is 5.69 Å². The van der Waals surface area contributed by atoms with Gasteiger partial charge in [0, 0.05) is 35.2 Å². The second kappa shape index (κ2) is 9.47. The molecule has 0 saturated carbocycles. The average molecular weight is 494 g/mol. The molecule has 0 aromatic heterocycles. The number of aliphatic hydroxyl groups excluding tert-OH is 1. The van der Waals surface area contributed by atoms with Crippen LogP contribution in [0.5, 0.6) is 0 Å². The minimum Gasteiger partial charge on any atom is -0.396 e. The summed E-state index contributed by atoms with van der Waals surface area (Å²) in [5.41, 5.74) is 0.619. The largest absolute Gasteiger partial charge is 0.396 e. The molecule has 3 amide bonds. The highest BCUT2D eigenvalue weighted by molar-refractivity contribution is 8.02. The molecule has 2 bridgehead atoms. The quantitative estimate of drug-likeness (QED) is 0.459. The summed E-state index contributed by atoms with van der Waals surface area (Å²) in [5, 5.41) is 15.8. The lowest BCUT2D eigenvalue weighted by atomic mass is 9.66. The number of hydrogen-bond donors (Lipinski definition) is 3. The number of rotatable bonds is 9. The number of halogens is 1. The molecule has 1 spiro atoms. The monoisotopic (exact) mass is 493 g/mol. The Morgan fingerprint density at radius 2 is 1.94 bits per heavy atom. The molecule has 0 radical (unpaired) electrons. The summed E-state index contributed by atoms with van der Waals surface area (Å²) in [4.78, 5) is 42.3. The van der Waals surface area contributed by atoms with Gasteiger partial charge < -0.3 is 20.6 Å². The topological polar surface area (TPSA) is 98.7 Å². The molecule has 5 atom stereocenters. The first kappa shape index (κ1) is 24.4. The van der Waals surface area contributed by atoms with Gasteiger partial charge in [0.2, 0.25) is 17.7 Å². The minimum absolute atomic E-state index is 0.0348. The zero-order valence-electron chi connectivity index (χ0n) is 19.1. The molecule has 1 aromatic rings. The molecule has 9 heteroatoms. The number of aliphatic hydroxyl groups is 1. The highest BCUT2D eigenvalue weighted by Crippen LogP contribution is 2.71. The number of nitrogens with zero attached hydrogens (tertiary/aromatic N) is 1. The Bertz CT molecular complexity index is 929. The third-order valence-electron chi connectivity index (χ3n) is 7.28. The van der Waals surface area contributed by atoms with Gasteiger partial charge in [0.15, 0.2) is 0 Å². The lowest BCUT2D eigenvalue weighted by Gasteiger charge is -2.34. The van der Waals surface area contributed by atoms with Crippen LogP contribution in [0.15, 0.2) is 24.3 Å². The van der Waals surface area contributed by atoms with Crippen molar-refractivity contribution in [2.24, 2.45) is 11.8 Å². The van der Waals surface area contributed by atoms with Gasteiger partial charge in [-0.2, -0.15) is 0 Å². The molecule has 3 N–H and O–H groups in total. The number of benzene rings is 1. The van der Waals surface area contributed by atoms with Gasteiger partial charge in [-0.25, -0.2) is 0 Å². The summed E-state index contributed by atoms with van der Waals surface area (Å²) in [5.74, 6) is -1.40. The van der Waals surface area contributed by atoms with E-state index in [2.05, 4.69) is 17.6 Å². The van der Waals surface area contributed by atoms with Crippen molar-refractivity contribution in [3.05, 3.63) is 29.3 Å². The second-order valence-corrected chi connectivity index (χ2v) is 11.8. The van der Waals surface area contributed by atoms with Gasteiger partial charge in [0.05, 0.1) is 16.6 Å². The van der Waals surface area contributed by atoms with Crippen molar-refractivity contribution in [2.45, 2.75) is 61.5 Å². The van der Waals surface area contributed by atoms with E-state index in [4.69, 9.17) is 11.6 Å². The van der Waals surface area contributed by atoms with Crippen molar-refractivity contribution >= 4 is 46.8 Å². The Hall–Kier alpha value is -1.77. The minimum atomic E-state index is -0.667. The van der Waals surface area contributed by atoms with Crippen LogP contribution in [-0.4, -0.2) is 63.0 Å². The van der Waals surface area contributed by atoms with Crippen molar-refractivity contribution < 1.29 is 19.5 Å². The molecule has 3 aliphatic heterocycles. The lowest BCUT2D eigenvalue weighted by Crippen LogP contribution is -2.52. The number of unbranched alkanes of at least 4 members (excludes halogenated alkanes) is 1. The maximum absolute atomic E-state index is 13.8. The summed E-state index contributed by atoms with van der Waals surface area (Å²) in [6.45, 7) is 5.06. The van der Waals surface area contributed by atoms with Gasteiger partial charge in [-0.05, 0) is 63.3 Å². The molecule has 3 aliphatic rings. The Morgan fingerprint density at radius 3 is 2.61 bits per heavy atom. The van der Waals surface area contributed by atoms with E-state index in [0.29, 0.717) is 36.6 Å². The van der Waals surface area contributed by atoms with Gasteiger partial charge in [0.25, 0.3) is 0 Å². The molecular formula is C24H32ClN3O4S. The zero-order valence-corrected chi connectivity index (χ0v) is 20.7. The summed E-state index contributed by atoms with van der Waals surface area (Å²) in [7, 11) is 0. The first-order valence-corrected chi connectivity index (χ1v) is 12.9. The zero-order chi connectivity index (χ0) is 23.8. The fraction of sp³-hybridized carbons (Fsp3) is 0.625. The van der Waals surface area contributed by atoms with E-state index in [0.717, 1.165) is 19.3 Å². The second-order valence-electron chi connectivity index (χ2n) is 9.48. The molecule has 7 nitrogen and oxygen atoms in total. The normalized spacial score (nSPS) is 32.2. The van der Waals surface area contributed by atoms with E-state index in [1.807, 2.05) is 6.92 Å². The van der Waals surface area contributed by atoms with Gasteiger partial charge in [-0.15, -0.1) is 11.8 Å². The highest BCUT2D eigenvalue weighted by atomic mass is 35.5. The first-order chi connectivity index (χ1) is 15.8. The standard InChI is InChI=1S/C24H32ClN3O4S/c1-3-12-26-20(30)17-18-22(32)28(13-4-5-14-29)19(24(18)11-10-23(17,2)33-24)21(31)27-16-8-6-15(25)7-9-16/h6-9,17-19,29H,3-5,10-14H2,1-2H3,(H,26,30)(H,27,31)/t17-,18-,19?,23+,24?/m0/s1. The number of hydrogen-bond acceptors (Lipinski definition) is 5. The SMILES string of the molecule is CCCNC(=O)[C@@H]1[C@H]2C(=O)N(CCCCO)C(C(=O)Nc3ccc(Cl)cc3)C23CC[C@@]1(C)S3. The van der Waals surface area contributed by atoms with Crippen LogP contribution in [0.1, 0.15) is 46.0 Å². The molecule has 2 unspecified atom stereocenters. The molecule has 0 aliphatic carbocycles. The van der Waals surface area contributed by atoms with Gasteiger partial charge in [-0.3, -0.25) is 14.4 Å². The number of amides is 3. The van der Waals surface area contributed by atoms with Crippen molar-refractivity contribution in [3.8, 4) is 0 Å².